The van der Waals surface area contributed by atoms with E-state index in [1.807, 2.05) is 31.2 Å². The molecule has 0 amide bonds. The van der Waals surface area contributed by atoms with E-state index < -0.39 is 18.4 Å². The lowest BCUT2D eigenvalue weighted by atomic mass is 9.96. The third-order valence-electron chi connectivity index (χ3n) is 4.71. The molecule has 1 rings (SSSR count). The first-order chi connectivity index (χ1) is 15.1. The van der Waals surface area contributed by atoms with Crippen molar-refractivity contribution >= 4 is 18.2 Å². The number of hydrogen-bond acceptors (Lipinski definition) is 6. The summed E-state index contributed by atoms with van der Waals surface area (Å²) in [5, 5.41) is 0. The number of hydrogen-bond donors (Lipinski definition) is 0. The third-order valence-corrected chi connectivity index (χ3v) is 4.71. The van der Waals surface area contributed by atoms with Crippen LogP contribution in [0.1, 0.15) is 49.9 Å². The number of allylic oxidation sites excluding steroid dienone is 6. The molecule has 6 nitrogen and oxygen atoms in total. The Morgan fingerprint density at radius 1 is 1.03 bits per heavy atom. The van der Waals surface area contributed by atoms with Gasteiger partial charge in [0.05, 0.1) is 13.7 Å². The predicted molar refractivity (Wildman–Crippen MR) is 127 cm³/mol. The summed E-state index contributed by atoms with van der Waals surface area (Å²) in [6.07, 6.45) is 9.17. The first-order valence-corrected chi connectivity index (χ1v) is 10.5. The molecule has 0 N–H and O–H groups in total. The quantitative estimate of drug-likeness (QED) is 0.198. The zero-order valence-electron chi connectivity index (χ0n) is 20.3. The molecule has 0 aliphatic carbocycles. The second-order valence-corrected chi connectivity index (χ2v) is 7.36. The van der Waals surface area contributed by atoms with Crippen molar-refractivity contribution in [3.63, 3.8) is 0 Å². The molecule has 0 aromatic heterocycles. The van der Waals surface area contributed by atoms with Crippen molar-refractivity contribution in [2.24, 2.45) is 0 Å². The van der Waals surface area contributed by atoms with E-state index in [1.54, 1.807) is 27.0 Å². The van der Waals surface area contributed by atoms with Gasteiger partial charge in [-0.15, -0.1) is 0 Å². The van der Waals surface area contributed by atoms with E-state index in [9.17, 15) is 9.59 Å². The average molecular weight is 443 g/mol. The maximum atomic E-state index is 11.9. The summed E-state index contributed by atoms with van der Waals surface area (Å²) in [4.78, 5) is 23.1. The molecule has 0 saturated carbocycles. The molecule has 0 saturated heterocycles. The summed E-state index contributed by atoms with van der Waals surface area (Å²) in [6, 6.07) is 2.05. The van der Waals surface area contributed by atoms with Crippen molar-refractivity contribution < 1.29 is 28.5 Å². The number of methoxy groups -OCH3 is 1. The van der Waals surface area contributed by atoms with Crippen molar-refractivity contribution in [2.45, 2.75) is 54.8 Å². The first-order valence-electron chi connectivity index (χ1n) is 10.5. The standard InChI is InChI=1S/C26H34O6/c1-9-30-26(28)32-22(7)31-25(27)15-18(3)12-10-11-17(2)13-14-23-19(4)16-24(29-8)21(6)20(23)5/h10-16,22H,9H2,1-8H3. The molecular formula is C26H34O6. The molecule has 0 bridgehead atoms. The Kier molecular flexibility index (Phi) is 11.0. The van der Waals surface area contributed by atoms with Crippen LogP contribution in [0.15, 0.2) is 47.6 Å². The summed E-state index contributed by atoms with van der Waals surface area (Å²) < 4.78 is 19.8. The second kappa shape index (κ2) is 13.2. The SMILES string of the molecule is CCOC(=O)OC(C)OC(=O)C=C(C)C=CC=C(C)C=Cc1c(C)cc(OC)c(C)c1C. The van der Waals surface area contributed by atoms with Gasteiger partial charge in [-0.05, 0) is 75.4 Å². The summed E-state index contributed by atoms with van der Waals surface area (Å²) >= 11 is 0. The van der Waals surface area contributed by atoms with Crippen LogP contribution in [0.3, 0.4) is 0 Å². The number of carbonyl (C=O) groups excluding carboxylic acids is 2. The van der Waals surface area contributed by atoms with E-state index in [0.717, 1.165) is 22.4 Å². The number of benzene rings is 1. The zero-order chi connectivity index (χ0) is 24.3. The number of ether oxygens (including phenoxy) is 4. The minimum atomic E-state index is -1.03. The molecule has 1 atom stereocenters. The molecule has 0 fully saturated rings. The predicted octanol–water partition coefficient (Wildman–Crippen LogP) is 6.14. The van der Waals surface area contributed by atoms with Crippen molar-refractivity contribution in [2.75, 3.05) is 13.7 Å². The van der Waals surface area contributed by atoms with Gasteiger partial charge in [0.2, 0.25) is 6.29 Å². The van der Waals surface area contributed by atoms with Gasteiger partial charge in [0.1, 0.15) is 5.75 Å². The van der Waals surface area contributed by atoms with E-state index in [4.69, 9.17) is 14.2 Å². The molecule has 32 heavy (non-hydrogen) atoms. The highest BCUT2D eigenvalue weighted by molar-refractivity contribution is 5.83. The number of rotatable bonds is 9. The maximum Gasteiger partial charge on any atom is 0.511 e. The highest BCUT2D eigenvalue weighted by atomic mass is 16.8. The summed E-state index contributed by atoms with van der Waals surface area (Å²) in [5.74, 6) is 0.292. The van der Waals surface area contributed by atoms with Crippen molar-refractivity contribution in [3.05, 3.63) is 69.8 Å². The molecule has 1 unspecified atom stereocenters. The lowest BCUT2D eigenvalue weighted by Crippen LogP contribution is -2.21. The fourth-order valence-corrected chi connectivity index (χ4v) is 2.90. The summed E-state index contributed by atoms with van der Waals surface area (Å²) in [7, 11) is 1.68. The summed E-state index contributed by atoms with van der Waals surface area (Å²) in [5.41, 5.74) is 6.42. The Morgan fingerprint density at radius 3 is 2.34 bits per heavy atom. The van der Waals surface area contributed by atoms with Crippen LogP contribution in [0.2, 0.25) is 0 Å². The van der Waals surface area contributed by atoms with Crippen molar-refractivity contribution in [1.29, 1.82) is 0 Å². The molecule has 0 aliphatic heterocycles. The van der Waals surface area contributed by atoms with Crippen LogP contribution in [0.25, 0.3) is 6.08 Å². The molecule has 0 heterocycles. The van der Waals surface area contributed by atoms with Gasteiger partial charge in [0.25, 0.3) is 0 Å². The van der Waals surface area contributed by atoms with Gasteiger partial charge in [-0.3, -0.25) is 0 Å². The molecule has 1 aromatic rings. The van der Waals surface area contributed by atoms with Crippen LogP contribution < -0.4 is 4.74 Å². The smallest absolute Gasteiger partial charge is 0.496 e. The van der Waals surface area contributed by atoms with Crippen molar-refractivity contribution in [3.8, 4) is 5.75 Å². The van der Waals surface area contributed by atoms with Crippen LogP contribution in [0.5, 0.6) is 5.75 Å². The largest absolute Gasteiger partial charge is 0.511 e. The summed E-state index contributed by atoms with van der Waals surface area (Å²) in [6.45, 7) is 13.3. The minimum absolute atomic E-state index is 0.185. The Hall–Kier alpha value is -3.28. The molecule has 0 spiro atoms. The monoisotopic (exact) mass is 442 g/mol. The van der Waals surface area contributed by atoms with Crippen LogP contribution in [0.4, 0.5) is 4.79 Å². The number of aryl methyl sites for hydroxylation is 1. The van der Waals surface area contributed by atoms with Crippen LogP contribution in [0, 0.1) is 20.8 Å². The molecule has 1 aromatic carbocycles. The first kappa shape index (κ1) is 26.8. The van der Waals surface area contributed by atoms with Crippen LogP contribution in [-0.2, 0) is 19.0 Å². The fourth-order valence-electron chi connectivity index (χ4n) is 2.90. The van der Waals surface area contributed by atoms with Crippen molar-refractivity contribution in [1.82, 2.24) is 0 Å². The Morgan fingerprint density at radius 2 is 1.72 bits per heavy atom. The highest BCUT2D eigenvalue weighted by Gasteiger charge is 2.13. The normalized spacial score (nSPS) is 13.4. The molecule has 0 radical (unpaired) electrons. The van der Waals surface area contributed by atoms with Gasteiger partial charge in [0.15, 0.2) is 0 Å². The fraction of sp³-hybridized carbons (Fsp3) is 0.385. The molecule has 174 valence electrons. The molecular weight excluding hydrogens is 408 g/mol. The van der Waals surface area contributed by atoms with Crippen LogP contribution in [-0.4, -0.2) is 32.1 Å². The topological polar surface area (TPSA) is 71.1 Å². The van der Waals surface area contributed by atoms with Gasteiger partial charge >= 0.3 is 12.1 Å². The third kappa shape index (κ3) is 8.84. The molecule has 6 heteroatoms. The second-order valence-electron chi connectivity index (χ2n) is 7.36. The van der Waals surface area contributed by atoms with E-state index in [2.05, 4.69) is 31.6 Å². The lowest BCUT2D eigenvalue weighted by Gasteiger charge is -2.13. The highest BCUT2D eigenvalue weighted by Crippen LogP contribution is 2.28. The van der Waals surface area contributed by atoms with Crippen LogP contribution >= 0.6 is 0 Å². The zero-order valence-corrected chi connectivity index (χ0v) is 20.3. The minimum Gasteiger partial charge on any atom is -0.496 e. The lowest BCUT2D eigenvalue weighted by molar-refractivity contribution is -0.161. The number of esters is 1. The van der Waals surface area contributed by atoms with Gasteiger partial charge in [-0.25, -0.2) is 9.59 Å². The molecule has 0 aliphatic rings. The van der Waals surface area contributed by atoms with Gasteiger partial charge in [0, 0.05) is 13.0 Å². The van der Waals surface area contributed by atoms with Gasteiger partial charge in [-0.1, -0.05) is 36.0 Å². The van der Waals surface area contributed by atoms with E-state index >= 15 is 0 Å². The average Bonchev–Trinajstić information content (AvgIpc) is 2.70. The Labute approximate surface area is 191 Å². The Balaban J connectivity index is 2.74. The van der Waals surface area contributed by atoms with E-state index in [1.165, 1.54) is 24.1 Å². The number of carbonyl (C=O) groups is 2. The van der Waals surface area contributed by atoms with E-state index in [-0.39, 0.29) is 6.61 Å². The van der Waals surface area contributed by atoms with Gasteiger partial charge < -0.3 is 18.9 Å². The van der Waals surface area contributed by atoms with E-state index in [0.29, 0.717) is 5.57 Å². The Bertz CT molecular complexity index is 934. The maximum absolute atomic E-state index is 11.9. The van der Waals surface area contributed by atoms with Gasteiger partial charge in [-0.2, -0.15) is 0 Å².